The maximum absolute atomic E-state index is 12.5. The summed E-state index contributed by atoms with van der Waals surface area (Å²) in [5, 5.41) is 9.72. The van der Waals surface area contributed by atoms with Gasteiger partial charge in [0.05, 0.1) is 25.7 Å². The van der Waals surface area contributed by atoms with E-state index in [9.17, 15) is 10.1 Å². The summed E-state index contributed by atoms with van der Waals surface area (Å²) in [6.45, 7) is 8.19. The highest BCUT2D eigenvalue weighted by Gasteiger charge is 2.36. The summed E-state index contributed by atoms with van der Waals surface area (Å²) in [4.78, 5) is 12.5. The molecule has 0 amide bonds. The Morgan fingerprint density at radius 3 is 2.33 bits per heavy atom. The van der Waals surface area contributed by atoms with Gasteiger partial charge in [-0.05, 0) is 62.1 Å². The van der Waals surface area contributed by atoms with Crippen LogP contribution in [-0.4, -0.2) is 20.2 Å². The maximum atomic E-state index is 12.5. The first-order chi connectivity index (χ1) is 15.7. The Bertz CT molecular complexity index is 1180. The van der Waals surface area contributed by atoms with Gasteiger partial charge < -0.3 is 24.7 Å². The third-order valence-electron chi connectivity index (χ3n) is 5.74. The van der Waals surface area contributed by atoms with Gasteiger partial charge >= 0.3 is 5.97 Å². The van der Waals surface area contributed by atoms with Gasteiger partial charge in [-0.25, -0.2) is 4.79 Å². The molecule has 7 heteroatoms. The number of esters is 1. The number of rotatable bonds is 6. The number of nitrogens with zero attached hydrogens (tertiary/aromatic N) is 1. The minimum absolute atomic E-state index is 0.0442. The highest BCUT2D eigenvalue weighted by atomic mass is 16.5. The van der Waals surface area contributed by atoms with Gasteiger partial charge in [0, 0.05) is 0 Å². The van der Waals surface area contributed by atoms with Crippen LogP contribution in [0.15, 0.2) is 53.1 Å². The number of hydrogen-bond acceptors (Lipinski definition) is 7. The number of ether oxygens (including phenoxy) is 4. The largest absolute Gasteiger partial charge is 0.493 e. The van der Waals surface area contributed by atoms with Crippen molar-refractivity contribution in [1.82, 2.24) is 0 Å². The molecule has 1 unspecified atom stereocenters. The van der Waals surface area contributed by atoms with Crippen molar-refractivity contribution < 1.29 is 23.7 Å². The van der Waals surface area contributed by atoms with Crippen molar-refractivity contribution in [2.45, 2.75) is 40.2 Å². The molecular formula is C26H28N2O5. The third kappa shape index (κ3) is 4.65. The minimum Gasteiger partial charge on any atom is -0.493 e. The van der Waals surface area contributed by atoms with Gasteiger partial charge in [-0.2, -0.15) is 5.26 Å². The molecule has 172 valence electrons. The predicted molar refractivity (Wildman–Crippen MR) is 123 cm³/mol. The van der Waals surface area contributed by atoms with E-state index in [0.29, 0.717) is 23.7 Å². The predicted octanol–water partition coefficient (Wildman–Crippen LogP) is 4.45. The smallest absolute Gasteiger partial charge is 0.338 e. The number of methoxy groups -OCH3 is 2. The number of carbonyl (C=O) groups excluding carboxylic acids is 1. The number of aryl methyl sites for hydroxylation is 3. The van der Waals surface area contributed by atoms with Crippen molar-refractivity contribution in [1.29, 1.82) is 5.26 Å². The van der Waals surface area contributed by atoms with Gasteiger partial charge in [0.1, 0.15) is 24.0 Å². The van der Waals surface area contributed by atoms with E-state index < -0.39 is 11.9 Å². The van der Waals surface area contributed by atoms with Crippen LogP contribution in [-0.2, 0) is 20.9 Å². The van der Waals surface area contributed by atoms with Gasteiger partial charge in [-0.1, -0.05) is 23.8 Å². The summed E-state index contributed by atoms with van der Waals surface area (Å²) in [6, 6.07) is 11.6. The zero-order valence-electron chi connectivity index (χ0n) is 19.7. The summed E-state index contributed by atoms with van der Waals surface area (Å²) in [5.41, 5.74) is 11.6. The lowest BCUT2D eigenvalue weighted by Crippen LogP contribution is -2.25. The lowest BCUT2D eigenvalue weighted by molar-refractivity contribution is -0.136. The first kappa shape index (κ1) is 23.7. The van der Waals surface area contributed by atoms with Gasteiger partial charge in [0.2, 0.25) is 5.88 Å². The fourth-order valence-electron chi connectivity index (χ4n) is 4.16. The van der Waals surface area contributed by atoms with E-state index >= 15 is 0 Å². The van der Waals surface area contributed by atoms with Crippen molar-refractivity contribution in [2.75, 3.05) is 14.2 Å². The highest BCUT2D eigenvalue weighted by Crippen LogP contribution is 2.42. The van der Waals surface area contributed by atoms with E-state index in [1.165, 1.54) is 19.8 Å². The van der Waals surface area contributed by atoms with Gasteiger partial charge in [0.15, 0.2) is 11.5 Å². The van der Waals surface area contributed by atoms with Gasteiger partial charge in [0.25, 0.3) is 0 Å². The van der Waals surface area contributed by atoms with E-state index in [1.54, 1.807) is 25.1 Å². The molecule has 3 rings (SSSR count). The monoisotopic (exact) mass is 448 g/mol. The molecule has 1 heterocycles. The minimum atomic E-state index is -0.749. The number of allylic oxidation sites excluding steroid dienone is 2. The summed E-state index contributed by atoms with van der Waals surface area (Å²) in [7, 11) is 2.82. The van der Waals surface area contributed by atoms with Crippen LogP contribution in [0.25, 0.3) is 0 Å². The van der Waals surface area contributed by atoms with E-state index in [-0.39, 0.29) is 22.8 Å². The lowest BCUT2D eigenvalue weighted by atomic mass is 9.83. The number of nitrogens with two attached hydrogens (primary N) is 1. The first-order valence-corrected chi connectivity index (χ1v) is 10.5. The molecule has 1 aliphatic heterocycles. The van der Waals surface area contributed by atoms with Crippen LogP contribution in [0.4, 0.5) is 0 Å². The fourth-order valence-corrected chi connectivity index (χ4v) is 4.16. The Balaban J connectivity index is 1.99. The zero-order chi connectivity index (χ0) is 24.3. The molecule has 2 aromatic rings. The van der Waals surface area contributed by atoms with Gasteiger partial charge in [-0.3, -0.25) is 0 Å². The van der Waals surface area contributed by atoms with Crippen molar-refractivity contribution in [3.8, 4) is 17.6 Å². The molecule has 7 nitrogen and oxygen atoms in total. The average Bonchev–Trinajstić information content (AvgIpc) is 2.77. The third-order valence-corrected chi connectivity index (χ3v) is 5.74. The Morgan fingerprint density at radius 2 is 1.76 bits per heavy atom. The lowest BCUT2D eigenvalue weighted by Gasteiger charge is -2.27. The second-order valence-electron chi connectivity index (χ2n) is 7.96. The van der Waals surface area contributed by atoms with Crippen LogP contribution >= 0.6 is 0 Å². The van der Waals surface area contributed by atoms with Crippen LogP contribution in [0.3, 0.4) is 0 Å². The Kier molecular flexibility index (Phi) is 6.98. The normalized spacial score (nSPS) is 15.6. The van der Waals surface area contributed by atoms with Crippen LogP contribution in [0.5, 0.6) is 11.5 Å². The van der Waals surface area contributed by atoms with Crippen molar-refractivity contribution in [3.05, 3.63) is 80.9 Å². The Hall–Kier alpha value is -3.92. The zero-order valence-corrected chi connectivity index (χ0v) is 19.7. The topological polar surface area (TPSA) is 104 Å². The Labute approximate surface area is 194 Å². The molecule has 0 saturated carbocycles. The second-order valence-corrected chi connectivity index (χ2v) is 7.96. The summed E-state index contributed by atoms with van der Waals surface area (Å²) >= 11 is 0. The number of benzene rings is 2. The van der Waals surface area contributed by atoms with Crippen LogP contribution in [0.1, 0.15) is 40.7 Å². The highest BCUT2D eigenvalue weighted by molar-refractivity contribution is 5.92. The molecule has 0 aliphatic carbocycles. The quantitative estimate of drug-likeness (QED) is 0.651. The van der Waals surface area contributed by atoms with E-state index in [4.69, 9.17) is 24.7 Å². The molecule has 33 heavy (non-hydrogen) atoms. The van der Waals surface area contributed by atoms with E-state index in [0.717, 1.165) is 16.7 Å². The maximum Gasteiger partial charge on any atom is 0.338 e. The standard InChI is InChI=1S/C26H28N2O5/c1-14-9-15(2)20(16(3)10-14)13-32-21-8-7-18(11-22(21)30-5)24-19(12-27)25(28)33-17(4)23(24)26(29)31-6/h7-11,24H,13,28H2,1-6H3. The molecule has 0 spiro atoms. The number of hydrogen-bond donors (Lipinski definition) is 1. The molecule has 0 saturated heterocycles. The van der Waals surface area contributed by atoms with Crippen LogP contribution < -0.4 is 15.2 Å². The van der Waals surface area contributed by atoms with Crippen LogP contribution in [0.2, 0.25) is 0 Å². The van der Waals surface area contributed by atoms with E-state index in [2.05, 4.69) is 39.0 Å². The molecular weight excluding hydrogens is 420 g/mol. The Morgan fingerprint density at radius 1 is 1.09 bits per heavy atom. The molecule has 0 fully saturated rings. The summed E-state index contributed by atoms with van der Waals surface area (Å²) < 4.78 is 22.0. The average molecular weight is 449 g/mol. The molecule has 2 N–H and O–H groups in total. The molecule has 2 aromatic carbocycles. The molecule has 0 bridgehead atoms. The fraction of sp³-hybridized carbons (Fsp3) is 0.308. The number of nitriles is 1. The first-order valence-electron chi connectivity index (χ1n) is 10.5. The molecule has 1 aliphatic rings. The second kappa shape index (κ2) is 9.70. The SMILES string of the molecule is COC(=O)C1=C(C)OC(N)=C(C#N)C1c1ccc(OCc2c(C)cc(C)cc2C)c(OC)c1. The molecule has 0 aromatic heterocycles. The van der Waals surface area contributed by atoms with Crippen molar-refractivity contribution in [3.63, 3.8) is 0 Å². The summed E-state index contributed by atoms with van der Waals surface area (Å²) in [5.74, 6) is -0.0871. The van der Waals surface area contributed by atoms with E-state index in [1.807, 2.05) is 0 Å². The summed E-state index contributed by atoms with van der Waals surface area (Å²) in [6.07, 6.45) is 0. The molecule has 1 atom stereocenters. The van der Waals surface area contributed by atoms with Crippen molar-refractivity contribution >= 4 is 5.97 Å². The van der Waals surface area contributed by atoms with Crippen molar-refractivity contribution in [2.24, 2.45) is 5.73 Å². The van der Waals surface area contributed by atoms with Gasteiger partial charge in [-0.15, -0.1) is 0 Å². The van der Waals surface area contributed by atoms with Crippen LogP contribution in [0, 0.1) is 32.1 Å². The number of carbonyl (C=O) groups is 1. The molecule has 0 radical (unpaired) electrons.